The summed E-state index contributed by atoms with van der Waals surface area (Å²) in [7, 11) is 0. The molecule has 0 saturated carbocycles. The molecular weight excluding hydrogens is 204 g/mol. The number of carbonyl (C=O) groups is 1. The third-order valence-electron chi connectivity index (χ3n) is 2.11. The van der Waals surface area contributed by atoms with Gasteiger partial charge in [0.15, 0.2) is 0 Å². The van der Waals surface area contributed by atoms with Gasteiger partial charge in [-0.3, -0.25) is 4.90 Å². The maximum absolute atomic E-state index is 11.8. The van der Waals surface area contributed by atoms with Gasteiger partial charge in [0.2, 0.25) is 0 Å². The molecule has 4 heteroatoms. The van der Waals surface area contributed by atoms with Gasteiger partial charge in [-0.2, -0.15) is 0 Å². The largest absolute Gasteiger partial charge is 0.508 e. The Morgan fingerprint density at radius 1 is 1.50 bits per heavy atom. The van der Waals surface area contributed by atoms with Crippen molar-refractivity contribution in [3.05, 3.63) is 24.3 Å². The van der Waals surface area contributed by atoms with Crippen LogP contribution in [0.15, 0.2) is 24.3 Å². The first kappa shape index (κ1) is 12.4. The summed E-state index contributed by atoms with van der Waals surface area (Å²) in [4.78, 5) is 13.4. The molecule has 0 aliphatic carbocycles. The summed E-state index contributed by atoms with van der Waals surface area (Å²) in [5.41, 5.74) is 0.695. The van der Waals surface area contributed by atoms with Gasteiger partial charge in [-0.15, -0.1) is 0 Å². The third-order valence-corrected chi connectivity index (χ3v) is 2.11. The molecule has 4 nitrogen and oxygen atoms in total. The predicted molar refractivity (Wildman–Crippen MR) is 64.8 cm³/mol. The first-order chi connectivity index (χ1) is 7.54. The molecule has 2 amide bonds. The van der Waals surface area contributed by atoms with E-state index in [4.69, 9.17) is 0 Å². The van der Waals surface area contributed by atoms with E-state index in [1.54, 1.807) is 29.2 Å². The smallest absolute Gasteiger partial charge is 0.322 e. The van der Waals surface area contributed by atoms with Crippen LogP contribution in [0.5, 0.6) is 5.75 Å². The molecule has 0 aromatic heterocycles. The van der Waals surface area contributed by atoms with Crippen LogP contribution in [0, 0.1) is 0 Å². The Kier molecular flexibility index (Phi) is 4.17. The maximum atomic E-state index is 11.8. The van der Waals surface area contributed by atoms with Gasteiger partial charge in [0, 0.05) is 24.3 Å². The van der Waals surface area contributed by atoms with Crippen LogP contribution in [0.1, 0.15) is 20.8 Å². The number of benzene rings is 1. The molecular formula is C12H18N2O2. The predicted octanol–water partition coefficient (Wildman–Crippen LogP) is 2.34. The number of aromatic hydroxyl groups is 1. The van der Waals surface area contributed by atoms with Crippen LogP contribution in [0.2, 0.25) is 0 Å². The third kappa shape index (κ3) is 3.15. The van der Waals surface area contributed by atoms with E-state index >= 15 is 0 Å². The summed E-state index contributed by atoms with van der Waals surface area (Å²) in [5.74, 6) is 0.160. The zero-order valence-corrected chi connectivity index (χ0v) is 9.90. The van der Waals surface area contributed by atoms with Gasteiger partial charge in [-0.1, -0.05) is 6.07 Å². The number of nitrogens with one attached hydrogen (secondary N) is 1. The normalized spacial score (nSPS) is 10.2. The Morgan fingerprint density at radius 2 is 2.19 bits per heavy atom. The van der Waals surface area contributed by atoms with E-state index < -0.39 is 0 Å². The Labute approximate surface area is 95.9 Å². The molecule has 0 heterocycles. The van der Waals surface area contributed by atoms with Crippen LogP contribution in [-0.2, 0) is 0 Å². The molecule has 1 aromatic carbocycles. The molecule has 0 atom stereocenters. The highest BCUT2D eigenvalue weighted by Crippen LogP contribution is 2.19. The van der Waals surface area contributed by atoms with E-state index in [-0.39, 0.29) is 17.8 Å². The average Bonchev–Trinajstić information content (AvgIpc) is 2.17. The number of rotatable bonds is 3. The number of phenolic OH excluding ortho intramolecular Hbond substituents is 1. The van der Waals surface area contributed by atoms with Gasteiger partial charge in [0.25, 0.3) is 0 Å². The van der Waals surface area contributed by atoms with Gasteiger partial charge >= 0.3 is 6.03 Å². The summed E-state index contributed by atoms with van der Waals surface area (Å²) >= 11 is 0. The van der Waals surface area contributed by atoms with E-state index in [0.717, 1.165) is 0 Å². The van der Waals surface area contributed by atoms with E-state index in [2.05, 4.69) is 5.32 Å². The molecule has 0 spiro atoms. The van der Waals surface area contributed by atoms with Crippen molar-refractivity contribution in [2.75, 3.05) is 11.4 Å². The van der Waals surface area contributed by atoms with Crippen LogP contribution < -0.4 is 10.2 Å². The second-order valence-electron chi connectivity index (χ2n) is 3.87. The summed E-state index contributed by atoms with van der Waals surface area (Å²) < 4.78 is 0. The van der Waals surface area contributed by atoms with Crippen LogP contribution in [0.25, 0.3) is 0 Å². The minimum Gasteiger partial charge on any atom is -0.508 e. The topological polar surface area (TPSA) is 52.6 Å². The second-order valence-corrected chi connectivity index (χ2v) is 3.87. The number of hydrogen-bond donors (Lipinski definition) is 2. The number of anilines is 1. The van der Waals surface area contributed by atoms with E-state index in [1.165, 1.54) is 0 Å². The molecule has 16 heavy (non-hydrogen) atoms. The lowest BCUT2D eigenvalue weighted by atomic mass is 10.2. The molecule has 0 radical (unpaired) electrons. The van der Waals surface area contributed by atoms with Crippen molar-refractivity contribution < 1.29 is 9.90 Å². The van der Waals surface area contributed by atoms with E-state index in [1.807, 2.05) is 20.8 Å². The SMILES string of the molecule is CCN(C(=O)NC(C)C)c1cccc(O)c1. The Bertz CT molecular complexity index is 364. The highest BCUT2D eigenvalue weighted by Gasteiger charge is 2.14. The minimum atomic E-state index is -0.150. The van der Waals surface area contributed by atoms with Crippen molar-refractivity contribution in [3.63, 3.8) is 0 Å². The van der Waals surface area contributed by atoms with Crippen molar-refractivity contribution >= 4 is 11.7 Å². The number of nitrogens with zero attached hydrogens (tertiary/aromatic N) is 1. The lowest BCUT2D eigenvalue weighted by Crippen LogP contribution is -2.43. The highest BCUT2D eigenvalue weighted by atomic mass is 16.3. The Balaban J connectivity index is 2.85. The Morgan fingerprint density at radius 3 is 2.69 bits per heavy atom. The van der Waals surface area contributed by atoms with Gasteiger partial charge in [0.05, 0.1) is 0 Å². The first-order valence-corrected chi connectivity index (χ1v) is 5.41. The summed E-state index contributed by atoms with van der Waals surface area (Å²) in [5, 5.41) is 12.2. The standard InChI is InChI=1S/C12H18N2O2/c1-4-14(12(16)13-9(2)3)10-6-5-7-11(15)8-10/h5-9,15H,4H2,1-3H3,(H,13,16). The fourth-order valence-corrected chi connectivity index (χ4v) is 1.43. The van der Waals surface area contributed by atoms with Gasteiger partial charge in [-0.25, -0.2) is 4.79 Å². The average molecular weight is 222 g/mol. The fraction of sp³-hybridized carbons (Fsp3) is 0.417. The number of hydrogen-bond acceptors (Lipinski definition) is 2. The molecule has 1 aromatic rings. The molecule has 0 aliphatic heterocycles. The summed E-state index contributed by atoms with van der Waals surface area (Å²) in [6.45, 7) is 6.27. The van der Waals surface area contributed by atoms with Crippen molar-refractivity contribution in [1.29, 1.82) is 0 Å². The second kappa shape index (κ2) is 5.39. The lowest BCUT2D eigenvalue weighted by Gasteiger charge is -2.22. The number of carbonyl (C=O) groups excluding carboxylic acids is 1. The van der Waals surface area contributed by atoms with Crippen molar-refractivity contribution in [2.45, 2.75) is 26.8 Å². The molecule has 0 saturated heterocycles. The lowest BCUT2D eigenvalue weighted by molar-refractivity contribution is 0.244. The maximum Gasteiger partial charge on any atom is 0.322 e. The summed E-state index contributed by atoms with van der Waals surface area (Å²) in [6, 6.07) is 6.61. The molecule has 0 fully saturated rings. The fourth-order valence-electron chi connectivity index (χ4n) is 1.43. The van der Waals surface area contributed by atoms with E-state index in [0.29, 0.717) is 12.2 Å². The van der Waals surface area contributed by atoms with Crippen LogP contribution in [0.4, 0.5) is 10.5 Å². The number of urea groups is 1. The van der Waals surface area contributed by atoms with E-state index in [9.17, 15) is 9.90 Å². The summed E-state index contributed by atoms with van der Waals surface area (Å²) in [6.07, 6.45) is 0. The molecule has 88 valence electrons. The van der Waals surface area contributed by atoms with Crippen molar-refractivity contribution in [2.24, 2.45) is 0 Å². The zero-order valence-electron chi connectivity index (χ0n) is 9.90. The first-order valence-electron chi connectivity index (χ1n) is 5.41. The van der Waals surface area contributed by atoms with Crippen molar-refractivity contribution in [1.82, 2.24) is 5.32 Å². The van der Waals surface area contributed by atoms with Crippen molar-refractivity contribution in [3.8, 4) is 5.75 Å². The van der Waals surface area contributed by atoms with Gasteiger partial charge < -0.3 is 10.4 Å². The number of phenols is 1. The molecule has 0 unspecified atom stereocenters. The molecule has 1 rings (SSSR count). The van der Waals surface area contributed by atoms with Crippen LogP contribution in [0.3, 0.4) is 0 Å². The number of amides is 2. The van der Waals surface area contributed by atoms with Gasteiger partial charge in [0.1, 0.15) is 5.75 Å². The zero-order chi connectivity index (χ0) is 12.1. The highest BCUT2D eigenvalue weighted by molar-refractivity contribution is 5.92. The molecule has 2 N–H and O–H groups in total. The Hall–Kier alpha value is -1.71. The molecule has 0 aliphatic rings. The minimum absolute atomic E-state index is 0.0962. The quantitative estimate of drug-likeness (QED) is 0.824. The van der Waals surface area contributed by atoms with Gasteiger partial charge in [-0.05, 0) is 32.9 Å². The molecule has 0 bridgehead atoms. The van der Waals surface area contributed by atoms with Crippen LogP contribution >= 0.6 is 0 Å². The monoisotopic (exact) mass is 222 g/mol. The van der Waals surface area contributed by atoms with Crippen LogP contribution in [-0.4, -0.2) is 23.7 Å².